The van der Waals surface area contributed by atoms with Gasteiger partial charge in [-0.05, 0) is 0 Å². The molecule has 0 atom stereocenters. The van der Waals surface area contributed by atoms with Crippen LogP contribution in [0.25, 0.3) is 0 Å². The zero-order valence-corrected chi connectivity index (χ0v) is 15.1. The number of nitrogens with one attached hydrogen (secondary N) is 2. The summed E-state index contributed by atoms with van der Waals surface area (Å²) < 4.78 is 18.2. The van der Waals surface area contributed by atoms with Crippen molar-refractivity contribution in [2.24, 2.45) is 0 Å². The number of ketones is 1. The van der Waals surface area contributed by atoms with E-state index >= 15 is 0 Å². The third kappa shape index (κ3) is 3.32. The van der Waals surface area contributed by atoms with Crippen molar-refractivity contribution in [1.82, 2.24) is 20.4 Å². The maximum atomic E-state index is 12.9. The van der Waals surface area contributed by atoms with Gasteiger partial charge in [0.05, 0.1) is 28.4 Å². The molecule has 0 fully saturated rings. The maximum absolute atomic E-state index is 12.9. The lowest BCUT2D eigenvalue weighted by atomic mass is 10.0. The van der Waals surface area contributed by atoms with E-state index in [2.05, 4.69) is 39.3 Å². The van der Waals surface area contributed by atoms with Crippen molar-refractivity contribution < 1.29 is 42.9 Å². The number of nitrogens with zero attached hydrogens (tertiary/aromatic N) is 2. The van der Waals surface area contributed by atoms with Crippen LogP contribution in [0, 0.1) is 0 Å². The number of rotatable bonds is 6. The quantitative estimate of drug-likeness (QED) is 0.366. The Balaban J connectivity index is 2.68. The van der Waals surface area contributed by atoms with Gasteiger partial charge in [0.15, 0.2) is 11.4 Å². The van der Waals surface area contributed by atoms with Crippen LogP contribution in [0.15, 0.2) is 0 Å². The second-order valence-electron chi connectivity index (χ2n) is 4.94. The van der Waals surface area contributed by atoms with Gasteiger partial charge in [-0.15, -0.1) is 0 Å². The van der Waals surface area contributed by atoms with Crippen LogP contribution in [0.5, 0.6) is 0 Å². The van der Waals surface area contributed by atoms with Crippen molar-refractivity contribution in [1.29, 1.82) is 0 Å². The number of hydrogen-bond acceptors (Lipinski definition) is 11. The molecule has 28 heavy (non-hydrogen) atoms. The SMILES string of the molecule is COC(=O)c1[nH]nc(C(=O)c2n[nH]c(C(=O)OC)c2C(=O)OC)c1C(=O)OC. The summed E-state index contributed by atoms with van der Waals surface area (Å²) in [5.74, 6) is -5.19. The standard InChI is InChI=1S/C15H14N4O9/c1-25-12(21)5-7(16-18-9(5)14(23)27-3)11(20)8-6(13(22)26-2)10(19-17-8)15(24)28-4/h1-4H3,(H,16,18)(H,17,19). The molecule has 0 aliphatic rings. The monoisotopic (exact) mass is 394 g/mol. The Labute approximate surface area is 156 Å². The third-order valence-electron chi connectivity index (χ3n) is 3.52. The number of carbonyl (C=O) groups excluding carboxylic acids is 5. The Morgan fingerprint density at radius 2 is 0.929 bits per heavy atom. The zero-order valence-electron chi connectivity index (χ0n) is 15.1. The molecule has 2 rings (SSSR count). The largest absolute Gasteiger partial charge is 0.465 e. The highest BCUT2D eigenvalue weighted by Gasteiger charge is 2.36. The van der Waals surface area contributed by atoms with Crippen molar-refractivity contribution in [3.63, 3.8) is 0 Å². The van der Waals surface area contributed by atoms with Crippen LogP contribution in [0.3, 0.4) is 0 Å². The molecule has 13 nitrogen and oxygen atoms in total. The lowest BCUT2D eigenvalue weighted by Gasteiger charge is -2.04. The van der Waals surface area contributed by atoms with E-state index in [1.807, 2.05) is 0 Å². The van der Waals surface area contributed by atoms with Gasteiger partial charge in [-0.2, -0.15) is 10.2 Å². The number of carbonyl (C=O) groups is 5. The predicted octanol–water partition coefficient (Wildman–Crippen LogP) is -0.490. The van der Waals surface area contributed by atoms with Crippen LogP contribution in [-0.4, -0.2) is 78.5 Å². The molecule has 0 spiro atoms. The summed E-state index contributed by atoms with van der Waals surface area (Å²) in [5.41, 5.74) is -3.11. The summed E-state index contributed by atoms with van der Waals surface area (Å²) in [7, 11) is 4.15. The van der Waals surface area contributed by atoms with E-state index in [1.165, 1.54) is 0 Å². The molecule has 2 aromatic rings. The number of aromatic amines is 2. The number of aromatic nitrogens is 4. The molecule has 0 amide bonds. The van der Waals surface area contributed by atoms with E-state index in [9.17, 15) is 24.0 Å². The fourth-order valence-corrected chi connectivity index (χ4v) is 2.23. The molecular weight excluding hydrogens is 380 g/mol. The summed E-state index contributed by atoms with van der Waals surface area (Å²) >= 11 is 0. The highest BCUT2D eigenvalue weighted by Crippen LogP contribution is 2.21. The molecule has 2 N–H and O–H groups in total. The lowest BCUT2D eigenvalue weighted by Crippen LogP contribution is -2.18. The average molecular weight is 394 g/mol. The smallest absolute Gasteiger partial charge is 0.357 e. The van der Waals surface area contributed by atoms with Gasteiger partial charge in [0.25, 0.3) is 0 Å². The molecule has 2 heterocycles. The summed E-state index contributed by atoms with van der Waals surface area (Å²) in [5, 5.41) is 11.7. The Morgan fingerprint density at radius 1 is 0.607 bits per heavy atom. The van der Waals surface area contributed by atoms with Crippen LogP contribution in [-0.2, 0) is 18.9 Å². The Kier molecular flexibility index (Phi) is 5.88. The fourth-order valence-electron chi connectivity index (χ4n) is 2.23. The van der Waals surface area contributed by atoms with Crippen LogP contribution < -0.4 is 0 Å². The van der Waals surface area contributed by atoms with Gasteiger partial charge >= 0.3 is 23.9 Å². The molecule has 0 aliphatic carbocycles. The lowest BCUT2D eigenvalue weighted by molar-refractivity contribution is 0.0549. The van der Waals surface area contributed by atoms with E-state index in [1.54, 1.807) is 0 Å². The molecule has 0 saturated carbocycles. The molecule has 0 radical (unpaired) electrons. The fraction of sp³-hybridized carbons (Fsp3) is 0.267. The second-order valence-corrected chi connectivity index (χ2v) is 4.94. The first-order valence-electron chi connectivity index (χ1n) is 7.36. The van der Waals surface area contributed by atoms with Gasteiger partial charge in [-0.3, -0.25) is 15.0 Å². The average Bonchev–Trinajstić information content (AvgIpc) is 3.35. The van der Waals surface area contributed by atoms with Crippen molar-refractivity contribution in [2.75, 3.05) is 28.4 Å². The van der Waals surface area contributed by atoms with E-state index < -0.39 is 63.6 Å². The number of H-pyrrole nitrogens is 2. The van der Waals surface area contributed by atoms with Gasteiger partial charge in [0.2, 0.25) is 5.78 Å². The first-order valence-corrected chi connectivity index (χ1v) is 7.36. The summed E-state index contributed by atoms with van der Waals surface area (Å²) in [6.45, 7) is 0. The van der Waals surface area contributed by atoms with Crippen molar-refractivity contribution in [2.45, 2.75) is 0 Å². The third-order valence-corrected chi connectivity index (χ3v) is 3.52. The van der Waals surface area contributed by atoms with Crippen LogP contribution in [0.1, 0.15) is 57.9 Å². The van der Waals surface area contributed by atoms with Crippen LogP contribution in [0.4, 0.5) is 0 Å². The van der Waals surface area contributed by atoms with Gasteiger partial charge in [0.1, 0.15) is 22.5 Å². The van der Waals surface area contributed by atoms with E-state index in [-0.39, 0.29) is 0 Å². The first-order chi connectivity index (χ1) is 13.3. The number of hydrogen-bond donors (Lipinski definition) is 2. The van der Waals surface area contributed by atoms with Gasteiger partial charge < -0.3 is 18.9 Å². The zero-order chi connectivity index (χ0) is 21.0. The Hall–Kier alpha value is -4.03. The molecule has 0 aliphatic heterocycles. The molecule has 13 heteroatoms. The van der Waals surface area contributed by atoms with Crippen molar-refractivity contribution in [3.05, 3.63) is 33.9 Å². The van der Waals surface area contributed by atoms with Crippen molar-refractivity contribution in [3.8, 4) is 0 Å². The molecule has 0 bridgehead atoms. The second kappa shape index (κ2) is 8.11. The van der Waals surface area contributed by atoms with Gasteiger partial charge in [0, 0.05) is 0 Å². The first kappa shape index (κ1) is 20.3. The van der Waals surface area contributed by atoms with Gasteiger partial charge in [-0.25, -0.2) is 19.2 Å². The minimum atomic E-state index is -1.07. The highest BCUT2D eigenvalue weighted by molar-refractivity contribution is 6.19. The van der Waals surface area contributed by atoms with E-state index in [0.29, 0.717) is 0 Å². The predicted molar refractivity (Wildman–Crippen MR) is 86.0 cm³/mol. The summed E-state index contributed by atoms with van der Waals surface area (Å²) in [4.78, 5) is 60.7. The van der Waals surface area contributed by atoms with Gasteiger partial charge in [-0.1, -0.05) is 0 Å². The normalized spacial score (nSPS) is 10.1. The summed E-state index contributed by atoms with van der Waals surface area (Å²) in [6, 6.07) is 0. The minimum absolute atomic E-state index is 0.443. The number of ether oxygens (including phenoxy) is 4. The maximum Gasteiger partial charge on any atom is 0.357 e. The minimum Gasteiger partial charge on any atom is -0.465 e. The topological polar surface area (TPSA) is 180 Å². The molecule has 0 unspecified atom stereocenters. The Bertz CT molecular complexity index is 896. The van der Waals surface area contributed by atoms with E-state index in [4.69, 9.17) is 0 Å². The molecule has 148 valence electrons. The highest BCUT2D eigenvalue weighted by atomic mass is 16.5. The number of methoxy groups -OCH3 is 4. The van der Waals surface area contributed by atoms with E-state index in [0.717, 1.165) is 28.4 Å². The molecular formula is C15H14N4O9. The van der Waals surface area contributed by atoms with Crippen LogP contribution >= 0.6 is 0 Å². The molecule has 0 saturated heterocycles. The molecule has 0 aromatic carbocycles. The number of esters is 4. The van der Waals surface area contributed by atoms with Crippen molar-refractivity contribution >= 4 is 29.7 Å². The Morgan fingerprint density at radius 3 is 1.21 bits per heavy atom. The summed E-state index contributed by atoms with van der Waals surface area (Å²) in [6.07, 6.45) is 0. The van der Waals surface area contributed by atoms with Crippen LogP contribution in [0.2, 0.25) is 0 Å². The molecule has 2 aromatic heterocycles.